The summed E-state index contributed by atoms with van der Waals surface area (Å²) in [5, 5.41) is 1.04. The minimum absolute atomic E-state index is 0.183. The van der Waals surface area contributed by atoms with Crippen molar-refractivity contribution in [1.82, 2.24) is 0 Å². The SMILES string of the molecule is Cc1ccc2oc(C(=O)C3(CC(C)C)CCCC3)cc2c1. The molecule has 0 amide bonds. The van der Waals surface area contributed by atoms with Crippen molar-refractivity contribution in [1.29, 1.82) is 0 Å². The van der Waals surface area contributed by atoms with Crippen molar-refractivity contribution in [3.63, 3.8) is 0 Å². The molecule has 1 aliphatic rings. The third-order valence-corrected chi connectivity index (χ3v) is 4.74. The van der Waals surface area contributed by atoms with E-state index in [0.717, 1.165) is 43.1 Å². The topological polar surface area (TPSA) is 30.2 Å². The molecule has 0 aliphatic heterocycles. The van der Waals surface area contributed by atoms with Crippen LogP contribution in [-0.2, 0) is 0 Å². The Bertz CT molecular complexity index is 657. The summed E-state index contributed by atoms with van der Waals surface area (Å²) in [6, 6.07) is 8.01. The van der Waals surface area contributed by atoms with E-state index in [1.165, 1.54) is 5.56 Å². The highest BCUT2D eigenvalue weighted by Crippen LogP contribution is 2.46. The minimum Gasteiger partial charge on any atom is -0.453 e. The standard InChI is InChI=1S/C19H24O2/c1-13(2)12-19(8-4-5-9-19)18(20)17-11-15-10-14(3)6-7-16(15)21-17/h6-7,10-11,13H,4-5,8-9,12H2,1-3H3. The van der Waals surface area contributed by atoms with Crippen LogP contribution in [0.15, 0.2) is 28.7 Å². The molecule has 2 aromatic rings. The van der Waals surface area contributed by atoms with E-state index in [9.17, 15) is 4.79 Å². The first-order chi connectivity index (χ1) is 10.00. The lowest BCUT2D eigenvalue weighted by atomic mass is 9.74. The molecular formula is C19H24O2. The molecule has 0 N–H and O–H groups in total. The number of aryl methyl sites for hydroxylation is 1. The van der Waals surface area contributed by atoms with Crippen molar-refractivity contribution in [2.75, 3.05) is 0 Å². The summed E-state index contributed by atoms with van der Waals surface area (Å²) < 4.78 is 5.85. The zero-order valence-electron chi connectivity index (χ0n) is 13.2. The van der Waals surface area contributed by atoms with Crippen molar-refractivity contribution < 1.29 is 9.21 Å². The number of furan rings is 1. The number of ketones is 1. The molecule has 2 heteroatoms. The van der Waals surface area contributed by atoms with Gasteiger partial charge in [0.2, 0.25) is 5.78 Å². The van der Waals surface area contributed by atoms with Crippen LogP contribution in [0.2, 0.25) is 0 Å². The first-order valence-corrected chi connectivity index (χ1v) is 8.05. The molecule has 21 heavy (non-hydrogen) atoms. The Morgan fingerprint density at radius 1 is 1.24 bits per heavy atom. The molecule has 1 aromatic heterocycles. The molecule has 0 spiro atoms. The maximum Gasteiger partial charge on any atom is 0.204 e. The lowest BCUT2D eigenvalue weighted by Gasteiger charge is -2.28. The minimum atomic E-state index is -0.183. The van der Waals surface area contributed by atoms with Gasteiger partial charge in [-0.2, -0.15) is 0 Å². The monoisotopic (exact) mass is 284 g/mol. The Labute approximate surface area is 126 Å². The molecule has 112 valence electrons. The number of hydrogen-bond acceptors (Lipinski definition) is 2. The summed E-state index contributed by atoms with van der Waals surface area (Å²) in [7, 11) is 0. The first-order valence-electron chi connectivity index (χ1n) is 8.05. The van der Waals surface area contributed by atoms with Gasteiger partial charge in [0.1, 0.15) is 5.58 Å². The number of fused-ring (bicyclic) bond motifs is 1. The maximum atomic E-state index is 13.1. The Kier molecular flexibility index (Phi) is 3.64. The summed E-state index contributed by atoms with van der Waals surface area (Å²) >= 11 is 0. The van der Waals surface area contributed by atoms with Crippen LogP contribution in [0.25, 0.3) is 11.0 Å². The Morgan fingerprint density at radius 3 is 2.62 bits per heavy atom. The third kappa shape index (κ3) is 2.64. The van der Waals surface area contributed by atoms with Crippen LogP contribution in [0, 0.1) is 18.3 Å². The summed E-state index contributed by atoms with van der Waals surface area (Å²) in [5.74, 6) is 1.32. The quantitative estimate of drug-likeness (QED) is 0.691. The maximum absolute atomic E-state index is 13.1. The molecule has 0 bridgehead atoms. The van der Waals surface area contributed by atoms with E-state index in [1.807, 2.05) is 18.2 Å². The molecule has 1 aromatic carbocycles. The van der Waals surface area contributed by atoms with Gasteiger partial charge in [-0.25, -0.2) is 0 Å². The molecule has 3 rings (SSSR count). The number of Topliss-reactive ketones (excluding diaryl/α,β-unsaturated/α-hetero) is 1. The second-order valence-electron chi connectivity index (χ2n) is 7.07. The lowest BCUT2D eigenvalue weighted by Crippen LogP contribution is -2.29. The third-order valence-electron chi connectivity index (χ3n) is 4.74. The average molecular weight is 284 g/mol. The number of carbonyl (C=O) groups excluding carboxylic acids is 1. The van der Waals surface area contributed by atoms with Crippen LogP contribution < -0.4 is 0 Å². The van der Waals surface area contributed by atoms with Gasteiger partial charge in [0.05, 0.1) is 0 Å². The molecule has 1 aliphatic carbocycles. The smallest absolute Gasteiger partial charge is 0.204 e. The molecule has 1 fully saturated rings. The van der Waals surface area contributed by atoms with Gasteiger partial charge in [-0.1, -0.05) is 38.3 Å². The molecule has 2 nitrogen and oxygen atoms in total. The van der Waals surface area contributed by atoms with Crippen LogP contribution in [0.4, 0.5) is 0 Å². The Balaban J connectivity index is 1.97. The van der Waals surface area contributed by atoms with Crippen LogP contribution in [0.5, 0.6) is 0 Å². The van der Waals surface area contributed by atoms with Crippen molar-refractivity contribution in [2.24, 2.45) is 11.3 Å². The molecular weight excluding hydrogens is 260 g/mol. The van der Waals surface area contributed by atoms with E-state index in [0.29, 0.717) is 11.7 Å². The van der Waals surface area contributed by atoms with Crippen LogP contribution in [-0.4, -0.2) is 5.78 Å². The second-order valence-corrected chi connectivity index (χ2v) is 7.07. The highest BCUT2D eigenvalue weighted by molar-refractivity contribution is 6.01. The van der Waals surface area contributed by atoms with Crippen molar-refractivity contribution in [3.05, 3.63) is 35.6 Å². The number of hydrogen-bond donors (Lipinski definition) is 0. The fourth-order valence-corrected chi connectivity index (χ4v) is 3.89. The van der Waals surface area contributed by atoms with Crippen LogP contribution in [0.1, 0.15) is 62.1 Å². The predicted octanol–water partition coefficient (Wildman–Crippen LogP) is 5.53. The van der Waals surface area contributed by atoms with Gasteiger partial charge in [0, 0.05) is 10.8 Å². The molecule has 0 atom stereocenters. The Hall–Kier alpha value is -1.57. The van der Waals surface area contributed by atoms with Crippen molar-refractivity contribution in [3.8, 4) is 0 Å². The van der Waals surface area contributed by atoms with Gasteiger partial charge in [-0.15, -0.1) is 0 Å². The first kappa shape index (κ1) is 14.4. The normalized spacial score (nSPS) is 17.7. The van der Waals surface area contributed by atoms with E-state index in [2.05, 4.69) is 26.8 Å². The summed E-state index contributed by atoms with van der Waals surface area (Å²) in [6.45, 7) is 6.47. The molecule has 0 radical (unpaired) electrons. The largest absolute Gasteiger partial charge is 0.453 e. The van der Waals surface area contributed by atoms with Gasteiger partial charge in [-0.05, 0) is 50.3 Å². The predicted molar refractivity (Wildman–Crippen MR) is 85.6 cm³/mol. The van der Waals surface area contributed by atoms with Gasteiger partial charge in [0.15, 0.2) is 5.76 Å². The lowest BCUT2D eigenvalue weighted by molar-refractivity contribution is 0.0731. The number of benzene rings is 1. The zero-order chi connectivity index (χ0) is 15.0. The fourth-order valence-electron chi connectivity index (χ4n) is 3.89. The van der Waals surface area contributed by atoms with E-state index in [4.69, 9.17) is 4.42 Å². The molecule has 1 heterocycles. The summed E-state index contributed by atoms with van der Waals surface area (Å²) in [6.07, 6.45) is 5.33. The van der Waals surface area contributed by atoms with Gasteiger partial charge < -0.3 is 4.42 Å². The van der Waals surface area contributed by atoms with E-state index in [-0.39, 0.29) is 11.2 Å². The van der Waals surface area contributed by atoms with Crippen LogP contribution in [0.3, 0.4) is 0 Å². The second kappa shape index (κ2) is 5.32. The number of carbonyl (C=O) groups is 1. The molecule has 0 unspecified atom stereocenters. The highest BCUT2D eigenvalue weighted by atomic mass is 16.3. The molecule has 1 saturated carbocycles. The van der Waals surface area contributed by atoms with Gasteiger partial charge >= 0.3 is 0 Å². The fraction of sp³-hybridized carbons (Fsp3) is 0.526. The zero-order valence-corrected chi connectivity index (χ0v) is 13.2. The van der Waals surface area contributed by atoms with E-state index in [1.54, 1.807) is 0 Å². The Morgan fingerprint density at radius 2 is 1.95 bits per heavy atom. The summed E-state index contributed by atoms with van der Waals surface area (Å²) in [5.41, 5.74) is 1.83. The van der Waals surface area contributed by atoms with E-state index < -0.39 is 0 Å². The van der Waals surface area contributed by atoms with Crippen LogP contribution >= 0.6 is 0 Å². The summed E-state index contributed by atoms with van der Waals surface area (Å²) in [4.78, 5) is 13.1. The van der Waals surface area contributed by atoms with Crippen molar-refractivity contribution >= 4 is 16.8 Å². The van der Waals surface area contributed by atoms with Gasteiger partial charge in [-0.3, -0.25) is 4.79 Å². The average Bonchev–Trinajstić information content (AvgIpc) is 3.04. The molecule has 0 saturated heterocycles. The van der Waals surface area contributed by atoms with Gasteiger partial charge in [0.25, 0.3) is 0 Å². The van der Waals surface area contributed by atoms with E-state index >= 15 is 0 Å². The highest BCUT2D eigenvalue weighted by Gasteiger charge is 2.43. The number of rotatable bonds is 4. The van der Waals surface area contributed by atoms with Crippen molar-refractivity contribution in [2.45, 2.75) is 52.9 Å².